The summed E-state index contributed by atoms with van der Waals surface area (Å²) >= 11 is 0. The van der Waals surface area contributed by atoms with Crippen LogP contribution in [0.3, 0.4) is 0 Å². The molecule has 0 unspecified atom stereocenters. The minimum absolute atomic E-state index is 0.000994. The van der Waals surface area contributed by atoms with Crippen molar-refractivity contribution in [2.45, 2.75) is 0 Å². The minimum atomic E-state index is -0.597. The zero-order valence-electron chi connectivity index (χ0n) is 16.2. The van der Waals surface area contributed by atoms with Crippen LogP contribution < -0.4 is 21.5 Å². The number of pyridine rings is 1. The predicted molar refractivity (Wildman–Crippen MR) is 118 cm³/mol. The van der Waals surface area contributed by atoms with Crippen molar-refractivity contribution >= 4 is 29.4 Å². The van der Waals surface area contributed by atoms with E-state index in [2.05, 4.69) is 20.3 Å². The second-order valence-electron chi connectivity index (χ2n) is 6.51. The lowest BCUT2D eigenvalue weighted by Crippen LogP contribution is -2.02. The second-order valence-corrected chi connectivity index (χ2v) is 6.51. The molecule has 0 amide bonds. The van der Waals surface area contributed by atoms with E-state index in [1.54, 1.807) is 54.9 Å². The molecule has 154 valence electrons. The van der Waals surface area contributed by atoms with Crippen molar-refractivity contribution in [1.29, 1.82) is 5.41 Å². The van der Waals surface area contributed by atoms with Gasteiger partial charge in [-0.15, -0.1) is 0 Å². The normalized spacial score (nSPS) is 10.5. The van der Waals surface area contributed by atoms with Crippen LogP contribution in [-0.4, -0.2) is 21.2 Å². The first-order valence-corrected chi connectivity index (χ1v) is 9.22. The molecule has 0 bridgehead atoms. The number of nitrogens with one attached hydrogen (secondary N) is 2. The van der Waals surface area contributed by atoms with E-state index in [0.29, 0.717) is 34.2 Å². The van der Waals surface area contributed by atoms with Crippen LogP contribution in [0.4, 0.5) is 27.5 Å². The number of ether oxygens (including phenoxy) is 1. The Morgan fingerprint density at radius 3 is 2.52 bits per heavy atom. The number of anilines is 4. The zero-order chi connectivity index (χ0) is 21.8. The maximum absolute atomic E-state index is 14.7. The number of rotatable bonds is 6. The van der Waals surface area contributed by atoms with E-state index in [1.807, 2.05) is 0 Å². The Balaban J connectivity index is 1.58. The molecule has 2 aromatic carbocycles. The van der Waals surface area contributed by atoms with E-state index in [4.69, 9.17) is 21.6 Å². The molecule has 0 saturated heterocycles. The van der Waals surface area contributed by atoms with Crippen molar-refractivity contribution in [2.75, 3.05) is 16.8 Å². The molecule has 2 heterocycles. The number of hydrogen-bond donors (Lipinski definition) is 4. The molecule has 0 aliphatic heterocycles. The fraction of sp³-hybridized carbons (Fsp3) is 0. The van der Waals surface area contributed by atoms with Crippen LogP contribution in [0.25, 0.3) is 11.3 Å². The monoisotopic (exact) mass is 415 g/mol. The van der Waals surface area contributed by atoms with Gasteiger partial charge in [-0.3, -0.25) is 4.98 Å². The summed E-state index contributed by atoms with van der Waals surface area (Å²) in [7, 11) is 0. The maximum Gasteiger partial charge on any atom is 0.222 e. The third kappa shape index (κ3) is 4.40. The highest BCUT2D eigenvalue weighted by atomic mass is 19.1. The van der Waals surface area contributed by atoms with Crippen LogP contribution in [0.5, 0.6) is 11.5 Å². The van der Waals surface area contributed by atoms with E-state index in [9.17, 15) is 4.39 Å². The van der Waals surface area contributed by atoms with Crippen molar-refractivity contribution < 1.29 is 9.13 Å². The molecule has 0 fully saturated rings. The summed E-state index contributed by atoms with van der Waals surface area (Å²) in [6, 6.07) is 14.6. The molecule has 0 aliphatic rings. The van der Waals surface area contributed by atoms with Gasteiger partial charge in [-0.2, -0.15) is 4.98 Å². The lowest BCUT2D eigenvalue weighted by atomic mass is 10.1. The Morgan fingerprint density at radius 2 is 1.77 bits per heavy atom. The van der Waals surface area contributed by atoms with Gasteiger partial charge >= 0.3 is 0 Å². The zero-order valence-corrected chi connectivity index (χ0v) is 16.2. The van der Waals surface area contributed by atoms with Crippen LogP contribution in [0, 0.1) is 11.2 Å². The van der Waals surface area contributed by atoms with Gasteiger partial charge in [-0.1, -0.05) is 6.07 Å². The molecule has 9 heteroatoms. The predicted octanol–water partition coefficient (Wildman–Crippen LogP) is 4.38. The molecule has 2 aromatic heterocycles. The Labute approximate surface area is 177 Å². The van der Waals surface area contributed by atoms with E-state index in [1.165, 1.54) is 12.1 Å². The first kappa shape index (κ1) is 19.8. The smallest absolute Gasteiger partial charge is 0.222 e. The van der Waals surface area contributed by atoms with Crippen molar-refractivity contribution in [3.8, 4) is 22.8 Å². The average molecular weight is 415 g/mol. The quantitative estimate of drug-likeness (QED) is 0.271. The molecule has 0 spiro atoms. The summed E-state index contributed by atoms with van der Waals surface area (Å²) < 4.78 is 20.3. The summed E-state index contributed by atoms with van der Waals surface area (Å²) in [4.78, 5) is 12.4. The lowest BCUT2D eigenvalue weighted by molar-refractivity contribution is 0.442. The van der Waals surface area contributed by atoms with Gasteiger partial charge in [0.1, 0.15) is 11.6 Å². The molecule has 8 nitrogen and oxygen atoms in total. The summed E-state index contributed by atoms with van der Waals surface area (Å²) in [5.74, 6) is 0.186. The summed E-state index contributed by atoms with van der Waals surface area (Å²) in [6.07, 6.45) is 4.37. The molecule has 0 saturated carbocycles. The molecule has 0 aliphatic carbocycles. The number of halogens is 1. The highest BCUT2D eigenvalue weighted by molar-refractivity contribution is 5.88. The third-order valence-electron chi connectivity index (χ3n) is 4.39. The number of aromatic nitrogens is 3. The van der Waals surface area contributed by atoms with Gasteiger partial charge < -0.3 is 26.9 Å². The van der Waals surface area contributed by atoms with E-state index in [-0.39, 0.29) is 11.7 Å². The molecule has 0 atom stereocenters. The Kier molecular flexibility index (Phi) is 5.39. The molecular formula is C22H18FN7O. The van der Waals surface area contributed by atoms with Crippen LogP contribution in [0.2, 0.25) is 0 Å². The molecule has 4 rings (SSSR count). The molecule has 31 heavy (non-hydrogen) atoms. The number of nitrogen functional groups attached to an aromatic ring is 2. The molecular weight excluding hydrogens is 397 g/mol. The van der Waals surface area contributed by atoms with Crippen LogP contribution >= 0.6 is 0 Å². The van der Waals surface area contributed by atoms with Crippen molar-refractivity contribution in [3.63, 3.8) is 0 Å². The van der Waals surface area contributed by atoms with Gasteiger partial charge in [0, 0.05) is 47.7 Å². The summed E-state index contributed by atoms with van der Waals surface area (Å²) in [5, 5.41) is 10.5. The van der Waals surface area contributed by atoms with Gasteiger partial charge in [-0.25, -0.2) is 9.37 Å². The Hall–Kier alpha value is -4.53. The Morgan fingerprint density at radius 1 is 0.968 bits per heavy atom. The van der Waals surface area contributed by atoms with Gasteiger partial charge in [0.2, 0.25) is 5.95 Å². The molecule has 6 N–H and O–H groups in total. The fourth-order valence-corrected chi connectivity index (χ4v) is 2.93. The average Bonchev–Trinajstić information content (AvgIpc) is 2.76. The van der Waals surface area contributed by atoms with Gasteiger partial charge in [-0.05, 0) is 36.4 Å². The largest absolute Gasteiger partial charge is 0.454 e. The number of nitrogens with two attached hydrogens (primary N) is 2. The second kappa shape index (κ2) is 8.46. The van der Waals surface area contributed by atoms with E-state index in [0.717, 1.165) is 11.8 Å². The number of nitrogens with zero attached hydrogens (tertiary/aromatic N) is 3. The lowest BCUT2D eigenvalue weighted by Gasteiger charge is -2.13. The van der Waals surface area contributed by atoms with Gasteiger partial charge in [0.25, 0.3) is 0 Å². The maximum atomic E-state index is 14.7. The summed E-state index contributed by atoms with van der Waals surface area (Å²) in [5.41, 5.74) is 14.3. The van der Waals surface area contributed by atoms with Crippen molar-refractivity contribution in [3.05, 3.63) is 78.4 Å². The van der Waals surface area contributed by atoms with Crippen LogP contribution in [0.1, 0.15) is 5.56 Å². The highest BCUT2D eigenvalue weighted by Crippen LogP contribution is 2.31. The van der Waals surface area contributed by atoms with Gasteiger partial charge in [0.15, 0.2) is 11.6 Å². The van der Waals surface area contributed by atoms with Crippen molar-refractivity contribution in [2.24, 2.45) is 0 Å². The fourth-order valence-electron chi connectivity index (χ4n) is 2.93. The van der Waals surface area contributed by atoms with E-state index >= 15 is 0 Å². The SMILES string of the molecule is N=Cc1c(N)cccc1Oc1ccc(Nc2cc(-c3ccncc3)nc(N)n2)cc1F. The van der Waals surface area contributed by atoms with Gasteiger partial charge in [0.05, 0.1) is 11.3 Å². The Bertz CT molecular complexity index is 1250. The first-order chi connectivity index (χ1) is 15.0. The minimum Gasteiger partial charge on any atom is -0.454 e. The van der Waals surface area contributed by atoms with Crippen LogP contribution in [-0.2, 0) is 0 Å². The number of hydrogen-bond acceptors (Lipinski definition) is 8. The van der Waals surface area contributed by atoms with Crippen molar-refractivity contribution in [1.82, 2.24) is 15.0 Å². The highest BCUT2D eigenvalue weighted by Gasteiger charge is 2.12. The number of benzene rings is 2. The molecule has 4 aromatic rings. The van der Waals surface area contributed by atoms with Crippen LogP contribution in [0.15, 0.2) is 67.0 Å². The topological polar surface area (TPSA) is 136 Å². The first-order valence-electron chi connectivity index (χ1n) is 9.22. The third-order valence-corrected chi connectivity index (χ3v) is 4.39. The standard InChI is InChI=1S/C22H18FN7O/c23-16-10-14(4-5-20(16)31-19-3-1-2-17(25)15(19)12-24)28-21-11-18(29-22(26)30-21)13-6-8-27-9-7-13/h1-12,24H,25H2,(H3,26,28,29,30). The van der Waals surface area contributed by atoms with E-state index < -0.39 is 5.82 Å². The summed E-state index contributed by atoms with van der Waals surface area (Å²) in [6.45, 7) is 0. The molecule has 0 radical (unpaired) electrons.